The van der Waals surface area contributed by atoms with Crippen molar-refractivity contribution < 1.29 is 14.7 Å². The van der Waals surface area contributed by atoms with E-state index in [1.54, 1.807) is 24.3 Å². The number of aliphatic hydroxyl groups is 1. The number of rotatable bonds is 2. The maximum absolute atomic E-state index is 12.1. The van der Waals surface area contributed by atoms with Gasteiger partial charge < -0.3 is 5.11 Å². The van der Waals surface area contributed by atoms with E-state index in [1.165, 1.54) is 0 Å². The Labute approximate surface area is 118 Å². The number of likely N-dealkylation sites (tertiary alicyclic amines) is 1. The summed E-state index contributed by atoms with van der Waals surface area (Å²) in [5.74, 6) is -1.11. The lowest BCUT2D eigenvalue weighted by Gasteiger charge is -2.21. The van der Waals surface area contributed by atoms with Crippen LogP contribution in [0.5, 0.6) is 0 Å². The molecule has 0 unspecified atom stereocenters. The Bertz CT molecular complexity index is 583. The average molecular weight is 273 g/mol. The molecule has 106 valence electrons. The molecular weight excluding hydrogens is 254 g/mol. The molecule has 1 aliphatic carbocycles. The third-order valence-electron chi connectivity index (χ3n) is 3.77. The van der Waals surface area contributed by atoms with Gasteiger partial charge in [0.25, 0.3) is 0 Å². The molecule has 1 N–H and O–H groups in total. The van der Waals surface area contributed by atoms with Crippen LogP contribution in [-0.4, -0.2) is 41.2 Å². The highest BCUT2D eigenvalue weighted by Gasteiger charge is 2.33. The van der Waals surface area contributed by atoms with E-state index < -0.39 is 11.6 Å². The number of carbonyl (C=O) groups is 2. The van der Waals surface area contributed by atoms with Crippen molar-refractivity contribution in [2.24, 2.45) is 0 Å². The van der Waals surface area contributed by atoms with E-state index in [1.807, 2.05) is 0 Å². The fraction of sp³-hybridized carbons (Fsp3) is 0.375. The number of carbonyl (C=O) groups excluding carboxylic acids is 2. The summed E-state index contributed by atoms with van der Waals surface area (Å²) in [6.07, 6.45) is 2.21. The Balaban J connectivity index is 0.00000147. The number of benzene rings is 1. The van der Waals surface area contributed by atoms with Crippen LogP contribution in [0.15, 0.2) is 29.8 Å². The number of ketones is 2. The molecule has 2 aliphatic rings. The molecule has 1 fully saturated rings. The summed E-state index contributed by atoms with van der Waals surface area (Å²) in [5, 5.41) is 10.2. The highest BCUT2D eigenvalue weighted by Crippen LogP contribution is 2.28. The molecular formula is C16H19NO3. The second kappa shape index (κ2) is 5.59. The Morgan fingerprint density at radius 3 is 2.25 bits per heavy atom. The Morgan fingerprint density at radius 2 is 1.60 bits per heavy atom. The third-order valence-corrected chi connectivity index (χ3v) is 3.77. The first-order chi connectivity index (χ1) is 9.18. The minimum Gasteiger partial charge on any atom is -0.507 e. The van der Waals surface area contributed by atoms with Crippen LogP contribution in [0.2, 0.25) is 0 Å². The minimum absolute atomic E-state index is 0. The fourth-order valence-corrected chi connectivity index (χ4v) is 2.73. The first-order valence-electron chi connectivity index (χ1n) is 6.51. The van der Waals surface area contributed by atoms with Crippen LogP contribution in [0.25, 0.3) is 5.76 Å². The molecule has 1 saturated heterocycles. The minimum atomic E-state index is -0.567. The smallest absolute Gasteiger partial charge is 0.234 e. The van der Waals surface area contributed by atoms with E-state index in [0.717, 1.165) is 25.9 Å². The van der Waals surface area contributed by atoms with Gasteiger partial charge in [-0.15, -0.1) is 0 Å². The van der Waals surface area contributed by atoms with Gasteiger partial charge in [-0.2, -0.15) is 0 Å². The van der Waals surface area contributed by atoms with Gasteiger partial charge in [0.2, 0.25) is 11.6 Å². The summed E-state index contributed by atoms with van der Waals surface area (Å²) >= 11 is 0. The van der Waals surface area contributed by atoms with Crippen molar-refractivity contribution in [1.29, 1.82) is 0 Å². The largest absolute Gasteiger partial charge is 0.507 e. The van der Waals surface area contributed by atoms with Crippen molar-refractivity contribution in [3.63, 3.8) is 0 Å². The molecule has 1 aromatic rings. The summed E-state index contributed by atoms with van der Waals surface area (Å²) in [4.78, 5) is 26.2. The molecule has 1 heterocycles. The summed E-state index contributed by atoms with van der Waals surface area (Å²) in [5.41, 5.74) is 1.02. The van der Waals surface area contributed by atoms with E-state index in [0.29, 0.717) is 17.7 Å². The number of hydrogen-bond donors (Lipinski definition) is 1. The quantitative estimate of drug-likeness (QED) is 0.841. The Morgan fingerprint density at radius 1 is 1.00 bits per heavy atom. The summed E-state index contributed by atoms with van der Waals surface area (Å²) in [6.45, 7) is 2.20. The van der Waals surface area contributed by atoms with Crippen LogP contribution in [-0.2, 0) is 4.79 Å². The lowest BCUT2D eigenvalue weighted by atomic mass is 9.88. The predicted octanol–water partition coefficient (Wildman–Crippen LogP) is 2.45. The van der Waals surface area contributed by atoms with Crippen molar-refractivity contribution in [3.8, 4) is 0 Å². The van der Waals surface area contributed by atoms with Gasteiger partial charge >= 0.3 is 0 Å². The summed E-state index contributed by atoms with van der Waals surface area (Å²) < 4.78 is 0. The number of hydrogen-bond acceptors (Lipinski definition) is 4. The highest BCUT2D eigenvalue weighted by molar-refractivity contribution is 6.52. The Kier molecular flexibility index (Phi) is 4.04. The number of aliphatic hydroxyl groups excluding tert-OH is 1. The monoisotopic (exact) mass is 273 g/mol. The van der Waals surface area contributed by atoms with E-state index >= 15 is 0 Å². The van der Waals surface area contributed by atoms with E-state index in [4.69, 9.17) is 0 Å². The SMILES string of the molecule is C.O=C1C(=O)c2ccccc2C(O)=C1CN1CCCC1. The van der Waals surface area contributed by atoms with Gasteiger partial charge in [-0.3, -0.25) is 14.5 Å². The topological polar surface area (TPSA) is 57.6 Å². The lowest BCUT2D eigenvalue weighted by Crippen LogP contribution is -2.32. The highest BCUT2D eigenvalue weighted by atomic mass is 16.3. The third kappa shape index (κ3) is 2.27. The zero-order chi connectivity index (χ0) is 13.4. The van der Waals surface area contributed by atoms with E-state index in [2.05, 4.69) is 4.90 Å². The van der Waals surface area contributed by atoms with E-state index in [9.17, 15) is 14.7 Å². The molecule has 20 heavy (non-hydrogen) atoms. The van der Waals surface area contributed by atoms with Gasteiger partial charge in [-0.25, -0.2) is 0 Å². The zero-order valence-electron chi connectivity index (χ0n) is 10.6. The first-order valence-corrected chi connectivity index (χ1v) is 6.51. The van der Waals surface area contributed by atoms with E-state index in [-0.39, 0.29) is 18.8 Å². The maximum atomic E-state index is 12.1. The number of Topliss-reactive ketones (excluding diaryl/α,β-unsaturated/α-hetero) is 2. The molecule has 3 rings (SSSR count). The van der Waals surface area contributed by atoms with Gasteiger partial charge in [0.1, 0.15) is 5.76 Å². The molecule has 0 aromatic heterocycles. The molecule has 1 aliphatic heterocycles. The number of nitrogens with zero attached hydrogens (tertiary/aromatic N) is 1. The molecule has 4 nitrogen and oxygen atoms in total. The van der Waals surface area contributed by atoms with Gasteiger partial charge in [-0.05, 0) is 25.9 Å². The molecule has 0 bridgehead atoms. The zero-order valence-corrected chi connectivity index (χ0v) is 10.6. The van der Waals surface area contributed by atoms with Crippen molar-refractivity contribution in [2.75, 3.05) is 19.6 Å². The van der Waals surface area contributed by atoms with Crippen molar-refractivity contribution in [2.45, 2.75) is 20.3 Å². The molecule has 0 radical (unpaired) electrons. The lowest BCUT2D eigenvalue weighted by molar-refractivity contribution is -0.112. The molecule has 0 amide bonds. The maximum Gasteiger partial charge on any atom is 0.234 e. The van der Waals surface area contributed by atoms with Crippen molar-refractivity contribution in [1.82, 2.24) is 4.90 Å². The van der Waals surface area contributed by atoms with Gasteiger partial charge in [0.05, 0.1) is 5.57 Å². The van der Waals surface area contributed by atoms with Crippen LogP contribution in [0.4, 0.5) is 0 Å². The molecule has 0 saturated carbocycles. The predicted molar refractivity (Wildman–Crippen MR) is 77.7 cm³/mol. The molecule has 0 atom stereocenters. The first kappa shape index (κ1) is 14.5. The van der Waals surface area contributed by atoms with Gasteiger partial charge in [-0.1, -0.05) is 31.7 Å². The van der Waals surface area contributed by atoms with Crippen LogP contribution in [0, 0.1) is 0 Å². The molecule has 1 aromatic carbocycles. The Hall–Kier alpha value is -1.94. The second-order valence-electron chi connectivity index (χ2n) is 5.01. The van der Waals surface area contributed by atoms with Crippen LogP contribution >= 0.6 is 0 Å². The van der Waals surface area contributed by atoms with Crippen LogP contribution < -0.4 is 0 Å². The summed E-state index contributed by atoms with van der Waals surface area (Å²) in [7, 11) is 0. The second-order valence-corrected chi connectivity index (χ2v) is 5.01. The molecule has 0 spiro atoms. The normalized spacial score (nSPS) is 19.0. The van der Waals surface area contributed by atoms with Crippen LogP contribution in [0.3, 0.4) is 0 Å². The standard InChI is InChI=1S/C15H15NO3.CH4/c17-13-10-5-1-2-6-11(10)14(18)15(19)12(13)9-16-7-3-4-8-16;/h1-2,5-6,17H,3-4,7-9H2;1H4. The van der Waals surface area contributed by atoms with Crippen molar-refractivity contribution >= 4 is 17.3 Å². The van der Waals surface area contributed by atoms with Gasteiger partial charge in [0.15, 0.2) is 0 Å². The molecule has 4 heteroatoms. The summed E-state index contributed by atoms with van der Waals surface area (Å²) in [6, 6.07) is 6.71. The number of fused-ring (bicyclic) bond motifs is 1. The van der Waals surface area contributed by atoms with Crippen LogP contribution in [0.1, 0.15) is 36.2 Å². The fourth-order valence-electron chi connectivity index (χ4n) is 2.73. The average Bonchev–Trinajstić information content (AvgIpc) is 2.94. The van der Waals surface area contributed by atoms with Gasteiger partial charge in [0, 0.05) is 17.7 Å². The van der Waals surface area contributed by atoms with Crippen molar-refractivity contribution in [3.05, 3.63) is 41.0 Å².